The fourth-order valence-electron chi connectivity index (χ4n) is 2.79. The highest BCUT2D eigenvalue weighted by Gasteiger charge is 2.33. The zero-order chi connectivity index (χ0) is 17.7. The SMILES string of the molecule is Nc1cnc(-n2c([C@@H](N)C3CC3)nc3c(Cl)ccc(Cl)c3c2=O)cn1. The molecule has 0 amide bonds. The van der Waals surface area contributed by atoms with E-state index in [1.165, 1.54) is 17.0 Å². The first-order chi connectivity index (χ1) is 12.0. The van der Waals surface area contributed by atoms with Crippen LogP contribution in [0.15, 0.2) is 29.3 Å². The molecule has 2 aromatic heterocycles. The van der Waals surface area contributed by atoms with E-state index in [9.17, 15) is 4.79 Å². The fourth-order valence-corrected chi connectivity index (χ4v) is 3.23. The standard InChI is InChI=1S/C16H14Cl2N6O/c17-8-3-4-9(18)14-12(8)16(25)24(11-6-21-10(19)5-22-11)15(23-14)13(20)7-1-2-7/h3-7,13H,1-2,20H2,(H2,19,21)/t13-/m0/s1. The molecular weight excluding hydrogens is 363 g/mol. The molecule has 128 valence electrons. The molecular formula is C16H14Cl2N6O. The van der Waals surface area contributed by atoms with Crippen molar-refractivity contribution in [3.63, 3.8) is 0 Å². The maximum Gasteiger partial charge on any atom is 0.268 e. The summed E-state index contributed by atoms with van der Waals surface area (Å²) < 4.78 is 1.35. The number of hydrogen-bond donors (Lipinski definition) is 2. The van der Waals surface area contributed by atoms with Crippen LogP contribution >= 0.6 is 23.2 Å². The molecule has 2 heterocycles. The summed E-state index contributed by atoms with van der Waals surface area (Å²) in [5.74, 6) is 1.20. The molecule has 1 fully saturated rings. The van der Waals surface area contributed by atoms with Crippen LogP contribution in [0.25, 0.3) is 16.7 Å². The molecule has 4 N–H and O–H groups in total. The van der Waals surface area contributed by atoms with Gasteiger partial charge in [0.15, 0.2) is 5.82 Å². The summed E-state index contributed by atoms with van der Waals surface area (Å²) in [6.07, 6.45) is 4.77. The predicted molar refractivity (Wildman–Crippen MR) is 97.0 cm³/mol. The molecule has 0 spiro atoms. The minimum absolute atomic E-state index is 0.222. The number of hydrogen-bond acceptors (Lipinski definition) is 6. The number of anilines is 1. The van der Waals surface area contributed by atoms with Crippen molar-refractivity contribution in [2.45, 2.75) is 18.9 Å². The molecule has 3 aromatic rings. The van der Waals surface area contributed by atoms with E-state index >= 15 is 0 Å². The number of rotatable bonds is 3. The predicted octanol–water partition coefficient (Wildman–Crippen LogP) is 2.47. The lowest BCUT2D eigenvalue weighted by molar-refractivity contribution is 0.571. The quantitative estimate of drug-likeness (QED) is 0.725. The number of halogens is 2. The molecule has 0 unspecified atom stereocenters. The summed E-state index contributed by atoms with van der Waals surface area (Å²) >= 11 is 12.5. The van der Waals surface area contributed by atoms with E-state index in [0.29, 0.717) is 16.4 Å². The van der Waals surface area contributed by atoms with Gasteiger partial charge in [-0.15, -0.1) is 0 Å². The second-order valence-corrected chi connectivity index (χ2v) is 6.84. The average Bonchev–Trinajstić information content (AvgIpc) is 3.43. The monoisotopic (exact) mass is 376 g/mol. The Morgan fingerprint density at radius 2 is 1.88 bits per heavy atom. The molecule has 1 saturated carbocycles. The molecule has 0 bridgehead atoms. The van der Waals surface area contributed by atoms with Gasteiger partial charge in [-0.1, -0.05) is 23.2 Å². The molecule has 9 heteroatoms. The van der Waals surface area contributed by atoms with Gasteiger partial charge < -0.3 is 11.5 Å². The lowest BCUT2D eigenvalue weighted by Crippen LogP contribution is -2.30. The van der Waals surface area contributed by atoms with Crippen molar-refractivity contribution >= 4 is 39.9 Å². The third-order valence-electron chi connectivity index (χ3n) is 4.27. The van der Waals surface area contributed by atoms with E-state index in [-0.39, 0.29) is 33.5 Å². The van der Waals surface area contributed by atoms with Gasteiger partial charge in [0, 0.05) is 0 Å². The number of aromatic nitrogens is 4. The maximum atomic E-state index is 13.2. The molecule has 0 saturated heterocycles. The van der Waals surface area contributed by atoms with Gasteiger partial charge in [-0.3, -0.25) is 4.79 Å². The van der Waals surface area contributed by atoms with Gasteiger partial charge in [0.25, 0.3) is 5.56 Å². The van der Waals surface area contributed by atoms with Gasteiger partial charge in [0.05, 0.1) is 39.4 Å². The van der Waals surface area contributed by atoms with Crippen LogP contribution < -0.4 is 17.0 Å². The van der Waals surface area contributed by atoms with Crippen LogP contribution in [0.4, 0.5) is 5.82 Å². The molecule has 1 aliphatic carbocycles. The van der Waals surface area contributed by atoms with Gasteiger partial charge >= 0.3 is 0 Å². The van der Waals surface area contributed by atoms with Crippen molar-refractivity contribution in [2.75, 3.05) is 5.73 Å². The summed E-state index contributed by atoms with van der Waals surface area (Å²) in [6.45, 7) is 0. The summed E-state index contributed by atoms with van der Waals surface area (Å²) in [4.78, 5) is 26.0. The highest BCUT2D eigenvalue weighted by Crippen LogP contribution is 2.39. The van der Waals surface area contributed by atoms with Crippen LogP contribution in [0.3, 0.4) is 0 Å². The van der Waals surface area contributed by atoms with E-state index in [0.717, 1.165) is 12.8 Å². The normalized spacial score (nSPS) is 15.5. The van der Waals surface area contributed by atoms with Gasteiger partial charge in [-0.25, -0.2) is 19.5 Å². The van der Waals surface area contributed by atoms with Crippen LogP contribution in [0.2, 0.25) is 10.0 Å². The smallest absolute Gasteiger partial charge is 0.268 e. The third kappa shape index (κ3) is 2.74. The van der Waals surface area contributed by atoms with Crippen LogP contribution in [0.5, 0.6) is 0 Å². The molecule has 25 heavy (non-hydrogen) atoms. The molecule has 4 rings (SSSR count). The van der Waals surface area contributed by atoms with Gasteiger partial charge in [0.2, 0.25) is 0 Å². The minimum atomic E-state index is -0.411. The molecule has 0 radical (unpaired) electrons. The van der Waals surface area contributed by atoms with E-state index in [2.05, 4.69) is 15.0 Å². The van der Waals surface area contributed by atoms with Crippen molar-refractivity contribution in [3.05, 3.63) is 50.7 Å². The number of nitrogens with two attached hydrogens (primary N) is 2. The van der Waals surface area contributed by atoms with Crippen molar-refractivity contribution in [2.24, 2.45) is 11.7 Å². The van der Waals surface area contributed by atoms with E-state index in [1.54, 1.807) is 12.1 Å². The zero-order valence-electron chi connectivity index (χ0n) is 13.0. The van der Waals surface area contributed by atoms with Crippen LogP contribution in [-0.4, -0.2) is 19.5 Å². The summed E-state index contributed by atoms with van der Waals surface area (Å²) in [6, 6.07) is 2.76. The summed E-state index contributed by atoms with van der Waals surface area (Å²) in [5, 5.41) is 0.830. The second kappa shape index (κ2) is 5.94. The first kappa shape index (κ1) is 16.3. The van der Waals surface area contributed by atoms with Crippen LogP contribution in [-0.2, 0) is 0 Å². The number of fused-ring (bicyclic) bond motifs is 1. The molecule has 1 atom stereocenters. The van der Waals surface area contributed by atoms with Crippen molar-refractivity contribution in [1.82, 2.24) is 19.5 Å². The maximum absolute atomic E-state index is 13.2. The summed E-state index contributed by atoms with van der Waals surface area (Å²) in [5.41, 5.74) is 11.9. The molecule has 1 aromatic carbocycles. The second-order valence-electron chi connectivity index (χ2n) is 6.03. The summed E-state index contributed by atoms with van der Waals surface area (Å²) in [7, 11) is 0. The number of benzene rings is 1. The lowest BCUT2D eigenvalue weighted by Gasteiger charge is -2.18. The van der Waals surface area contributed by atoms with Crippen molar-refractivity contribution in [1.29, 1.82) is 0 Å². The number of nitrogen functional groups attached to an aromatic ring is 1. The van der Waals surface area contributed by atoms with Gasteiger partial charge in [0.1, 0.15) is 11.6 Å². The Morgan fingerprint density at radius 1 is 1.16 bits per heavy atom. The Balaban J connectivity index is 2.09. The first-order valence-electron chi connectivity index (χ1n) is 7.71. The minimum Gasteiger partial charge on any atom is -0.382 e. The molecule has 0 aliphatic heterocycles. The van der Waals surface area contributed by atoms with Crippen molar-refractivity contribution in [3.8, 4) is 5.82 Å². The van der Waals surface area contributed by atoms with E-state index in [1.807, 2.05) is 0 Å². The Kier molecular flexibility index (Phi) is 3.87. The van der Waals surface area contributed by atoms with Crippen LogP contribution in [0.1, 0.15) is 24.7 Å². The van der Waals surface area contributed by atoms with E-state index in [4.69, 9.17) is 34.7 Å². The average molecular weight is 377 g/mol. The third-order valence-corrected chi connectivity index (χ3v) is 4.89. The Morgan fingerprint density at radius 3 is 2.52 bits per heavy atom. The van der Waals surface area contributed by atoms with Crippen molar-refractivity contribution < 1.29 is 0 Å². The topological polar surface area (TPSA) is 113 Å². The largest absolute Gasteiger partial charge is 0.382 e. The lowest BCUT2D eigenvalue weighted by atomic mass is 10.1. The fraction of sp³-hybridized carbons (Fsp3) is 0.250. The number of nitrogens with zero attached hydrogens (tertiary/aromatic N) is 4. The Labute approximate surface area is 152 Å². The van der Waals surface area contributed by atoms with E-state index < -0.39 is 6.04 Å². The Bertz CT molecular complexity index is 1030. The zero-order valence-corrected chi connectivity index (χ0v) is 14.5. The highest BCUT2D eigenvalue weighted by atomic mass is 35.5. The molecule has 7 nitrogen and oxygen atoms in total. The van der Waals surface area contributed by atoms with Gasteiger partial charge in [-0.05, 0) is 30.9 Å². The Hall–Kier alpha value is -2.22. The molecule has 1 aliphatic rings. The first-order valence-corrected chi connectivity index (χ1v) is 8.47. The van der Waals surface area contributed by atoms with Gasteiger partial charge in [-0.2, -0.15) is 0 Å². The highest BCUT2D eigenvalue weighted by molar-refractivity contribution is 6.39. The van der Waals surface area contributed by atoms with Crippen LogP contribution in [0, 0.1) is 5.92 Å².